The van der Waals surface area contributed by atoms with Crippen LogP contribution in [0.5, 0.6) is 0 Å². The topological polar surface area (TPSA) is 63.5 Å². The Morgan fingerprint density at radius 3 is 3.04 bits per heavy atom. The Kier molecular flexibility index (Phi) is 6.00. The third-order valence-corrected chi connectivity index (χ3v) is 4.08. The Hall–Kier alpha value is -2.41. The number of hydrogen-bond donors (Lipinski definition) is 2. The van der Waals surface area contributed by atoms with Gasteiger partial charge >= 0.3 is 0 Å². The van der Waals surface area contributed by atoms with E-state index < -0.39 is 0 Å². The lowest BCUT2D eigenvalue weighted by molar-refractivity contribution is 0.114. The molecule has 0 saturated carbocycles. The van der Waals surface area contributed by atoms with Gasteiger partial charge in [-0.3, -0.25) is 0 Å². The average molecular weight is 345 g/mol. The summed E-state index contributed by atoms with van der Waals surface area (Å²) in [6.45, 7) is 4.76. The molecule has 1 aromatic carbocycles. The minimum Gasteiger partial charge on any atom is -0.376 e. The fourth-order valence-corrected chi connectivity index (χ4v) is 2.79. The summed E-state index contributed by atoms with van der Waals surface area (Å²) < 4.78 is 21.5. The van der Waals surface area contributed by atoms with Gasteiger partial charge in [-0.05, 0) is 37.5 Å². The Labute approximate surface area is 147 Å². The van der Waals surface area contributed by atoms with Crippen LogP contribution in [0, 0.1) is 5.82 Å². The van der Waals surface area contributed by atoms with Gasteiger partial charge in [-0.15, -0.1) is 0 Å². The lowest BCUT2D eigenvalue weighted by Gasteiger charge is -2.15. The molecule has 2 heterocycles. The van der Waals surface area contributed by atoms with Crippen molar-refractivity contribution in [3.63, 3.8) is 0 Å². The van der Waals surface area contributed by atoms with Crippen LogP contribution in [-0.2, 0) is 11.3 Å². The minimum atomic E-state index is -0.289. The maximum absolute atomic E-state index is 14.3. The van der Waals surface area contributed by atoms with E-state index in [9.17, 15) is 4.39 Å². The van der Waals surface area contributed by atoms with Crippen LogP contribution in [0.2, 0.25) is 0 Å². The first-order valence-electron chi connectivity index (χ1n) is 8.67. The number of hydrogen-bond acceptors (Lipinski definition) is 3. The van der Waals surface area contributed by atoms with Crippen molar-refractivity contribution in [2.75, 3.05) is 19.7 Å². The predicted octanol–water partition coefficient (Wildman–Crippen LogP) is 2.25. The van der Waals surface area contributed by atoms with Crippen LogP contribution < -0.4 is 10.6 Å². The lowest BCUT2D eigenvalue weighted by atomic mass is 10.2. The normalized spacial score (nSPS) is 17.7. The van der Waals surface area contributed by atoms with Gasteiger partial charge in [0.05, 0.1) is 24.7 Å². The number of benzene rings is 1. The molecule has 1 aliphatic rings. The number of rotatable bonds is 6. The van der Waals surface area contributed by atoms with Gasteiger partial charge in [-0.1, -0.05) is 6.07 Å². The van der Waals surface area contributed by atoms with Gasteiger partial charge < -0.3 is 19.9 Å². The molecule has 6 nitrogen and oxygen atoms in total. The van der Waals surface area contributed by atoms with E-state index in [0.717, 1.165) is 44.1 Å². The number of halogens is 1. The van der Waals surface area contributed by atoms with Gasteiger partial charge in [0.1, 0.15) is 5.82 Å². The highest BCUT2D eigenvalue weighted by Gasteiger charge is 2.15. The summed E-state index contributed by atoms with van der Waals surface area (Å²) in [6.07, 6.45) is 7.36. The smallest absolute Gasteiger partial charge is 0.191 e. The molecule has 2 aromatic rings. The maximum atomic E-state index is 14.3. The van der Waals surface area contributed by atoms with Crippen LogP contribution in [0.3, 0.4) is 0 Å². The van der Waals surface area contributed by atoms with Gasteiger partial charge in [0.2, 0.25) is 0 Å². The van der Waals surface area contributed by atoms with Crippen molar-refractivity contribution in [2.45, 2.75) is 32.4 Å². The zero-order valence-electron chi connectivity index (χ0n) is 14.4. The van der Waals surface area contributed by atoms with Crippen LogP contribution in [0.4, 0.5) is 4.39 Å². The molecule has 0 bridgehead atoms. The predicted molar refractivity (Wildman–Crippen MR) is 95.3 cm³/mol. The standard InChI is InChI=1S/C18H24FN5O/c1-2-21-18(23-12-15-4-3-9-25-15)22-11-14-5-6-17(16(19)10-14)24-8-7-20-13-24/h5-8,10,13,15H,2-4,9,11-12H2,1H3,(H2,21,22,23). The highest BCUT2D eigenvalue weighted by Crippen LogP contribution is 2.15. The SMILES string of the molecule is CCNC(=NCc1ccc(-n2ccnc2)c(F)c1)NCC1CCCO1. The second-order valence-electron chi connectivity index (χ2n) is 5.97. The van der Waals surface area contributed by atoms with Crippen LogP contribution in [0.15, 0.2) is 41.9 Å². The van der Waals surface area contributed by atoms with Crippen molar-refractivity contribution in [1.29, 1.82) is 0 Å². The number of imidazole rings is 1. The van der Waals surface area contributed by atoms with Crippen molar-refractivity contribution in [3.8, 4) is 5.69 Å². The average Bonchev–Trinajstić information content (AvgIpc) is 3.31. The maximum Gasteiger partial charge on any atom is 0.191 e. The van der Waals surface area contributed by atoms with Crippen molar-refractivity contribution in [1.82, 2.24) is 20.2 Å². The van der Waals surface area contributed by atoms with Crippen molar-refractivity contribution >= 4 is 5.96 Å². The number of aliphatic imine (C=N–C) groups is 1. The van der Waals surface area contributed by atoms with Gasteiger partial charge in [-0.25, -0.2) is 14.4 Å². The molecule has 134 valence electrons. The molecule has 2 N–H and O–H groups in total. The summed E-state index contributed by atoms with van der Waals surface area (Å²) >= 11 is 0. The van der Waals surface area contributed by atoms with Crippen molar-refractivity contribution in [2.24, 2.45) is 4.99 Å². The van der Waals surface area contributed by atoms with Crippen LogP contribution in [0.25, 0.3) is 5.69 Å². The quantitative estimate of drug-likeness (QED) is 0.623. The number of aromatic nitrogens is 2. The van der Waals surface area contributed by atoms with Crippen LogP contribution >= 0.6 is 0 Å². The second-order valence-corrected chi connectivity index (χ2v) is 5.97. The van der Waals surface area contributed by atoms with E-state index in [1.165, 1.54) is 6.07 Å². The fourth-order valence-electron chi connectivity index (χ4n) is 2.79. The number of nitrogens with one attached hydrogen (secondary N) is 2. The summed E-state index contributed by atoms with van der Waals surface area (Å²) in [6, 6.07) is 5.14. The Balaban J connectivity index is 1.62. The van der Waals surface area contributed by atoms with Crippen molar-refractivity contribution in [3.05, 3.63) is 48.3 Å². The van der Waals surface area contributed by atoms with E-state index in [4.69, 9.17) is 4.74 Å². The first-order chi connectivity index (χ1) is 12.3. The first kappa shape index (κ1) is 17.4. The highest BCUT2D eigenvalue weighted by molar-refractivity contribution is 5.79. The van der Waals surface area contributed by atoms with Gasteiger partial charge in [0.15, 0.2) is 5.96 Å². The Morgan fingerprint density at radius 1 is 1.44 bits per heavy atom. The molecule has 0 amide bonds. The zero-order valence-corrected chi connectivity index (χ0v) is 14.4. The molecular weight excluding hydrogens is 321 g/mol. The number of guanidine groups is 1. The van der Waals surface area contributed by atoms with Crippen LogP contribution in [-0.4, -0.2) is 41.3 Å². The van der Waals surface area contributed by atoms with E-state index >= 15 is 0 Å². The molecule has 1 aliphatic heterocycles. The molecule has 0 spiro atoms. The molecule has 7 heteroatoms. The highest BCUT2D eigenvalue weighted by atomic mass is 19.1. The summed E-state index contributed by atoms with van der Waals surface area (Å²) in [4.78, 5) is 8.47. The molecule has 3 rings (SSSR count). The van der Waals surface area contributed by atoms with E-state index in [2.05, 4.69) is 20.6 Å². The monoisotopic (exact) mass is 345 g/mol. The molecule has 1 atom stereocenters. The molecule has 0 radical (unpaired) electrons. The molecule has 25 heavy (non-hydrogen) atoms. The van der Waals surface area contributed by atoms with Gasteiger partial charge in [-0.2, -0.15) is 0 Å². The van der Waals surface area contributed by atoms with Crippen LogP contribution in [0.1, 0.15) is 25.3 Å². The van der Waals surface area contributed by atoms with Crippen molar-refractivity contribution < 1.29 is 9.13 Å². The molecular formula is C18H24FN5O. The van der Waals surface area contributed by atoms with E-state index in [1.807, 2.05) is 13.0 Å². The Bertz CT molecular complexity index is 695. The molecule has 1 saturated heterocycles. The van der Waals surface area contributed by atoms with Gasteiger partial charge in [0.25, 0.3) is 0 Å². The molecule has 1 fully saturated rings. The molecule has 1 aromatic heterocycles. The van der Waals surface area contributed by atoms with E-state index in [-0.39, 0.29) is 11.9 Å². The molecule has 1 unspecified atom stereocenters. The second kappa shape index (κ2) is 8.62. The number of nitrogens with zero attached hydrogens (tertiary/aromatic N) is 3. The third kappa shape index (κ3) is 4.79. The largest absolute Gasteiger partial charge is 0.376 e. The third-order valence-electron chi connectivity index (χ3n) is 4.08. The summed E-state index contributed by atoms with van der Waals surface area (Å²) in [5.41, 5.74) is 1.30. The lowest BCUT2D eigenvalue weighted by Crippen LogP contribution is -2.41. The summed E-state index contributed by atoms with van der Waals surface area (Å²) in [7, 11) is 0. The summed E-state index contributed by atoms with van der Waals surface area (Å²) in [5.74, 6) is 0.431. The van der Waals surface area contributed by atoms with E-state index in [1.54, 1.807) is 29.4 Å². The fraction of sp³-hybridized carbons (Fsp3) is 0.444. The summed E-state index contributed by atoms with van der Waals surface area (Å²) in [5, 5.41) is 6.49. The van der Waals surface area contributed by atoms with Gasteiger partial charge in [0, 0.05) is 32.1 Å². The zero-order chi connectivity index (χ0) is 17.5. The number of ether oxygens (including phenoxy) is 1. The Morgan fingerprint density at radius 2 is 2.36 bits per heavy atom. The van der Waals surface area contributed by atoms with E-state index in [0.29, 0.717) is 12.2 Å². The molecule has 0 aliphatic carbocycles. The first-order valence-corrected chi connectivity index (χ1v) is 8.67. The minimum absolute atomic E-state index is 0.246.